The molecule has 7 heteroatoms. The van der Waals surface area contributed by atoms with Gasteiger partial charge < -0.3 is 5.32 Å². The lowest BCUT2D eigenvalue weighted by atomic mass is 10.1. The van der Waals surface area contributed by atoms with Crippen LogP contribution < -0.4 is 5.32 Å². The Hall–Kier alpha value is -1.27. The maximum atomic E-state index is 6.25. The number of benzene rings is 1. The van der Waals surface area contributed by atoms with Gasteiger partial charge in [-0.1, -0.05) is 18.5 Å². The number of aromatic nitrogens is 4. The number of thioether (sulfide) groups is 1. The van der Waals surface area contributed by atoms with Crippen molar-refractivity contribution < 1.29 is 0 Å². The second-order valence-corrected chi connectivity index (χ2v) is 6.43. The highest BCUT2D eigenvalue weighted by molar-refractivity contribution is 8.00. The van der Waals surface area contributed by atoms with Crippen LogP contribution >= 0.6 is 23.4 Å². The van der Waals surface area contributed by atoms with Crippen LogP contribution in [0.3, 0.4) is 0 Å². The highest BCUT2D eigenvalue weighted by atomic mass is 35.5. The molecule has 0 saturated carbocycles. The molecule has 2 atom stereocenters. The molecule has 1 fully saturated rings. The lowest BCUT2D eigenvalue weighted by molar-refractivity contribution is 0.723. The lowest BCUT2D eigenvalue weighted by Gasteiger charge is -2.19. The highest BCUT2D eigenvalue weighted by Gasteiger charge is 2.24. The molecule has 1 aromatic heterocycles. The van der Waals surface area contributed by atoms with Gasteiger partial charge in [-0.05, 0) is 40.8 Å². The van der Waals surface area contributed by atoms with Gasteiger partial charge in [0.2, 0.25) is 0 Å². The number of hydrogen-bond donors (Lipinski definition) is 1. The standard InChI is InChI=1S/C12H14ClN5S/c1-8-11(4-5-19-8)15-12-6-9(2-3-10(12)13)18-7-14-16-17-18/h2-3,6-8,11,15H,4-5H2,1H3. The number of hydrogen-bond acceptors (Lipinski definition) is 5. The van der Waals surface area contributed by atoms with Crippen LogP contribution in [-0.2, 0) is 0 Å². The second kappa shape index (κ2) is 5.38. The zero-order valence-corrected chi connectivity index (χ0v) is 12.0. The van der Waals surface area contributed by atoms with E-state index in [2.05, 4.69) is 27.8 Å². The number of halogens is 1. The summed E-state index contributed by atoms with van der Waals surface area (Å²) in [6.45, 7) is 2.24. The zero-order chi connectivity index (χ0) is 13.2. The highest BCUT2D eigenvalue weighted by Crippen LogP contribution is 2.32. The smallest absolute Gasteiger partial charge is 0.143 e. The molecule has 1 aliphatic heterocycles. The first-order chi connectivity index (χ1) is 9.24. The van der Waals surface area contributed by atoms with E-state index in [1.165, 1.54) is 5.75 Å². The summed E-state index contributed by atoms with van der Waals surface area (Å²) in [5.74, 6) is 1.20. The van der Waals surface area contributed by atoms with Gasteiger partial charge in [-0.3, -0.25) is 0 Å². The molecule has 0 aliphatic carbocycles. The minimum Gasteiger partial charge on any atom is -0.380 e. The Labute approximate surface area is 120 Å². The van der Waals surface area contributed by atoms with Crippen LogP contribution in [0, 0.1) is 0 Å². The van der Waals surface area contributed by atoms with Crippen molar-refractivity contribution in [3.05, 3.63) is 29.5 Å². The summed E-state index contributed by atoms with van der Waals surface area (Å²) in [5.41, 5.74) is 1.84. The van der Waals surface area contributed by atoms with Crippen molar-refractivity contribution in [2.75, 3.05) is 11.1 Å². The van der Waals surface area contributed by atoms with E-state index in [4.69, 9.17) is 11.6 Å². The molecule has 2 heterocycles. The van der Waals surface area contributed by atoms with Crippen LogP contribution in [0.4, 0.5) is 5.69 Å². The molecule has 0 spiro atoms. The Bertz CT molecular complexity index is 559. The van der Waals surface area contributed by atoms with Gasteiger partial charge in [0.1, 0.15) is 6.33 Å². The van der Waals surface area contributed by atoms with E-state index >= 15 is 0 Å². The monoisotopic (exact) mass is 295 g/mol. The van der Waals surface area contributed by atoms with Crippen molar-refractivity contribution >= 4 is 29.1 Å². The third kappa shape index (κ3) is 2.69. The lowest BCUT2D eigenvalue weighted by Crippen LogP contribution is -2.24. The Kier molecular flexibility index (Phi) is 3.61. The number of tetrazole rings is 1. The van der Waals surface area contributed by atoms with Crippen molar-refractivity contribution in [2.24, 2.45) is 0 Å². The maximum absolute atomic E-state index is 6.25. The van der Waals surface area contributed by atoms with Gasteiger partial charge in [-0.2, -0.15) is 11.8 Å². The Morgan fingerprint density at radius 1 is 1.47 bits per heavy atom. The average molecular weight is 296 g/mol. The fourth-order valence-electron chi connectivity index (χ4n) is 2.17. The molecule has 5 nitrogen and oxygen atoms in total. The van der Waals surface area contributed by atoms with Crippen LogP contribution in [0.25, 0.3) is 5.69 Å². The van der Waals surface area contributed by atoms with Crippen molar-refractivity contribution in [3.8, 4) is 5.69 Å². The summed E-state index contributed by atoms with van der Waals surface area (Å²) in [6, 6.07) is 6.21. The first-order valence-electron chi connectivity index (χ1n) is 6.15. The molecule has 0 bridgehead atoms. The van der Waals surface area contributed by atoms with Gasteiger partial charge in [0.05, 0.1) is 16.4 Å². The molecule has 0 radical (unpaired) electrons. The number of nitrogens with zero attached hydrogens (tertiary/aromatic N) is 4. The van der Waals surface area contributed by atoms with Gasteiger partial charge in [-0.15, -0.1) is 5.10 Å². The van der Waals surface area contributed by atoms with Crippen LogP contribution in [-0.4, -0.2) is 37.3 Å². The Morgan fingerprint density at radius 2 is 2.37 bits per heavy atom. The largest absolute Gasteiger partial charge is 0.380 e. The SMILES string of the molecule is CC1SCCC1Nc1cc(-n2cnnn2)ccc1Cl. The number of nitrogens with one attached hydrogen (secondary N) is 1. The van der Waals surface area contributed by atoms with E-state index < -0.39 is 0 Å². The maximum Gasteiger partial charge on any atom is 0.143 e. The van der Waals surface area contributed by atoms with Crippen molar-refractivity contribution in [1.82, 2.24) is 20.2 Å². The third-order valence-corrected chi connectivity index (χ3v) is 4.94. The normalized spacial score (nSPS) is 22.6. The van der Waals surface area contributed by atoms with E-state index in [0.717, 1.165) is 22.8 Å². The Balaban J connectivity index is 1.86. The van der Waals surface area contributed by atoms with Gasteiger partial charge in [-0.25, -0.2) is 4.68 Å². The molecule has 2 unspecified atom stereocenters. The minimum atomic E-state index is 0.464. The van der Waals surface area contributed by atoms with E-state index in [-0.39, 0.29) is 0 Å². The average Bonchev–Trinajstić information content (AvgIpc) is 3.05. The summed E-state index contributed by atoms with van der Waals surface area (Å²) in [7, 11) is 0. The van der Waals surface area contributed by atoms with Crippen molar-refractivity contribution in [2.45, 2.75) is 24.6 Å². The quantitative estimate of drug-likeness (QED) is 0.943. The Morgan fingerprint density at radius 3 is 3.05 bits per heavy atom. The first-order valence-corrected chi connectivity index (χ1v) is 7.58. The van der Waals surface area contributed by atoms with Gasteiger partial charge >= 0.3 is 0 Å². The molecule has 1 aliphatic rings. The molecule has 3 rings (SSSR count). The van der Waals surface area contributed by atoms with E-state index in [9.17, 15) is 0 Å². The van der Waals surface area contributed by atoms with Crippen molar-refractivity contribution in [3.63, 3.8) is 0 Å². The molecule has 0 amide bonds. The van der Waals surface area contributed by atoms with E-state index in [1.54, 1.807) is 11.0 Å². The topological polar surface area (TPSA) is 55.6 Å². The predicted octanol–water partition coefficient (Wildman–Crippen LogP) is 2.62. The van der Waals surface area contributed by atoms with Crippen LogP contribution in [0.1, 0.15) is 13.3 Å². The number of anilines is 1. The molecule has 100 valence electrons. The zero-order valence-electron chi connectivity index (χ0n) is 10.5. The fourth-order valence-corrected chi connectivity index (χ4v) is 3.54. The molecule has 2 aromatic rings. The third-order valence-electron chi connectivity index (χ3n) is 3.28. The first kappa shape index (κ1) is 12.7. The summed E-state index contributed by atoms with van der Waals surface area (Å²) in [5, 5.41) is 16.0. The van der Waals surface area contributed by atoms with Gasteiger partial charge in [0.25, 0.3) is 0 Å². The number of rotatable bonds is 3. The van der Waals surface area contributed by atoms with E-state index in [0.29, 0.717) is 11.3 Å². The molecule has 19 heavy (non-hydrogen) atoms. The van der Waals surface area contributed by atoms with Crippen LogP contribution in [0.15, 0.2) is 24.5 Å². The fraction of sp³-hybridized carbons (Fsp3) is 0.417. The van der Waals surface area contributed by atoms with E-state index in [1.807, 2.05) is 30.0 Å². The van der Waals surface area contributed by atoms with Gasteiger partial charge in [0, 0.05) is 11.3 Å². The summed E-state index contributed by atoms with van der Waals surface area (Å²) in [6.07, 6.45) is 2.73. The molecular formula is C12H14ClN5S. The summed E-state index contributed by atoms with van der Waals surface area (Å²) in [4.78, 5) is 0. The summed E-state index contributed by atoms with van der Waals surface area (Å²) >= 11 is 8.24. The molecule has 1 aromatic carbocycles. The van der Waals surface area contributed by atoms with Crippen molar-refractivity contribution in [1.29, 1.82) is 0 Å². The molecular weight excluding hydrogens is 282 g/mol. The second-order valence-electron chi connectivity index (χ2n) is 4.53. The van der Waals surface area contributed by atoms with Crippen LogP contribution in [0.2, 0.25) is 5.02 Å². The van der Waals surface area contributed by atoms with Crippen LogP contribution in [0.5, 0.6) is 0 Å². The predicted molar refractivity (Wildman–Crippen MR) is 78.1 cm³/mol. The molecule has 1 N–H and O–H groups in total. The minimum absolute atomic E-state index is 0.464. The van der Waals surface area contributed by atoms with Gasteiger partial charge in [0.15, 0.2) is 0 Å². The molecule has 1 saturated heterocycles. The summed E-state index contributed by atoms with van der Waals surface area (Å²) < 4.78 is 1.62.